The van der Waals surface area contributed by atoms with E-state index >= 15 is 0 Å². The number of anilines is 1. The van der Waals surface area contributed by atoms with Gasteiger partial charge >= 0.3 is 5.97 Å². The zero-order valence-electron chi connectivity index (χ0n) is 45.5. The second-order valence-electron chi connectivity index (χ2n) is 18.5. The number of likely N-dealkylation sites (N-methyl/N-ethyl adjacent to an activating group) is 1. The molecule has 26 nitrogen and oxygen atoms in total. The normalized spacial score (nSPS) is 17.8. The van der Waals surface area contributed by atoms with E-state index in [4.69, 9.17) is 38.8 Å². The maximum Gasteiger partial charge on any atom is 0.333 e. The highest BCUT2D eigenvalue weighted by molar-refractivity contribution is 7.85. The van der Waals surface area contributed by atoms with E-state index in [1.807, 2.05) is 19.9 Å². The lowest BCUT2D eigenvalue weighted by Crippen LogP contribution is -2.45. The molecule has 0 saturated carbocycles. The second-order valence-corrected chi connectivity index (χ2v) is 20.0. The number of hydrogen-bond acceptors (Lipinski definition) is 19. The number of carbonyl (C=O) groups excluding carboxylic acids is 5. The Balaban J connectivity index is 0.000000518. The summed E-state index contributed by atoms with van der Waals surface area (Å²) in [5, 5.41) is 54.2. The highest BCUT2D eigenvalue weighted by atomic mass is 32.2. The summed E-state index contributed by atoms with van der Waals surface area (Å²) in [4.78, 5) is 75.3. The standard InChI is InChI=1S/C31H49N7O6.C17H24N2O7.CH4O3S.CH4O/c1-21(2)24(20-39)35-27(41)10-14-43-16-17-44-15-12-32-28(42)18-34-26(40)9-13-38-25-19-36(5)37(6)30(22(3)4)29(25)23-8-7-11-33-31(23)38;1-18-9-15(22)19-12-3-2-10(4-5-20)6-13(12)25-16-8-11(21)7-14(26-16)17(23)24;1-5(2,3)4;1-2/h7-8,11,20-22,24,30H,9-10,12-19H2,1-6H3,(H,32,42)(H,34,40)(H,35,41);2-3,6,11,14,16,18,20-21H,4-5,7-9H2,1H3,(H,19,22)(H,23,24);1H3,(H,2,3,4);2H,1H3. The van der Waals surface area contributed by atoms with Gasteiger partial charge in [-0.3, -0.25) is 23.7 Å². The van der Waals surface area contributed by atoms with Crippen molar-refractivity contribution in [1.29, 1.82) is 0 Å². The number of amides is 4. The summed E-state index contributed by atoms with van der Waals surface area (Å²) in [5.41, 5.74) is 4.50. The minimum Gasteiger partial charge on any atom is -0.479 e. The van der Waals surface area contributed by atoms with E-state index in [0.29, 0.717) is 57.2 Å². The predicted octanol–water partition coefficient (Wildman–Crippen LogP) is 0.232. The van der Waals surface area contributed by atoms with E-state index in [9.17, 15) is 42.3 Å². The molecule has 1 saturated heterocycles. The van der Waals surface area contributed by atoms with Gasteiger partial charge in [0.05, 0.1) is 76.2 Å². The third-order valence-electron chi connectivity index (χ3n) is 11.7. The van der Waals surface area contributed by atoms with Gasteiger partial charge in [0.15, 0.2) is 6.10 Å². The molecule has 10 N–H and O–H groups in total. The van der Waals surface area contributed by atoms with Gasteiger partial charge in [0.1, 0.15) is 17.7 Å². The minimum atomic E-state index is -3.67. The molecule has 4 heterocycles. The van der Waals surface area contributed by atoms with E-state index in [1.54, 1.807) is 31.4 Å². The molecule has 2 aliphatic rings. The van der Waals surface area contributed by atoms with Gasteiger partial charge in [0.2, 0.25) is 29.9 Å². The molecule has 0 bridgehead atoms. The molecule has 4 amide bonds. The lowest BCUT2D eigenvalue weighted by molar-refractivity contribution is -0.195. The van der Waals surface area contributed by atoms with Gasteiger partial charge in [0, 0.05) is 89.4 Å². The smallest absolute Gasteiger partial charge is 0.333 e. The fourth-order valence-corrected chi connectivity index (χ4v) is 8.04. The summed E-state index contributed by atoms with van der Waals surface area (Å²) < 4.78 is 50.0. The first-order chi connectivity index (χ1) is 36.5. The Hall–Kier alpha value is -5.72. The molecule has 1 fully saturated rings. The number of aliphatic hydroxyl groups is 3. The molecule has 3 aromatic rings. The van der Waals surface area contributed by atoms with Gasteiger partial charge in [-0.15, -0.1) is 0 Å². The van der Waals surface area contributed by atoms with Gasteiger partial charge in [-0.05, 0) is 55.1 Å². The largest absolute Gasteiger partial charge is 0.479 e. The predicted molar refractivity (Wildman–Crippen MR) is 284 cm³/mol. The number of aromatic nitrogens is 2. The van der Waals surface area contributed by atoms with Crippen molar-refractivity contribution in [3.63, 3.8) is 0 Å². The van der Waals surface area contributed by atoms with E-state index in [-0.39, 0.29) is 93.3 Å². The van der Waals surface area contributed by atoms with Crippen LogP contribution in [0.25, 0.3) is 11.0 Å². The summed E-state index contributed by atoms with van der Waals surface area (Å²) in [6.45, 7) is 10.7. The van der Waals surface area contributed by atoms with Crippen molar-refractivity contribution in [3.05, 3.63) is 53.3 Å². The van der Waals surface area contributed by atoms with Crippen molar-refractivity contribution in [2.45, 2.75) is 103 Å². The van der Waals surface area contributed by atoms with E-state index in [1.165, 1.54) is 11.3 Å². The van der Waals surface area contributed by atoms with Crippen LogP contribution in [-0.4, -0.2) is 201 Å². The monoisotopic (exact) mass is 1110 g/mol. The second kappa shape index (κ2) is 34.9. The number of carboxylic acids is 1. The number of aliphatic carboxylic acids is 1. The fourth-order valence-electron chi connectivity index (χ4n) is 8.04. The van der Waals surface area contributed by atoms with Crippen LogP contribution in [0.15, 0.2) is 36.5 Å². The number of aryl methyl sites for hydroxylation is 1. The molecule has 0 radical (unpaired) electrons. The number of pyridine rings is 1. The van der Waals surface area contributed by atoms with Crippen LogP contribution in [-0.2, 0) is 72.6 Å². The van der Waals surface area contributed by atoms with Gasteiger partial charge in [-0.2, -0.15) is 8.42 Å². The highest BCUT2D eigenvalue weighted by Gasteiger charge is 2.36. The van der Waals surface area contributed by atoms with E-state index in [2.05, 4.69) is 80.2 Å². The molecule has 5 atom stereocenters. The number of nitrogens with zero attached hydrogens (tertiary/aromatic N) is 4. The molecule has 27 heteroatoms. The Labute approximate surface area is 450 Å². The average molecular weight is 1110 g/mol. The topological polar surface area (TPSA) is 359 Å². The number of benzene rings is 1. The quantitative estimate of drug-likeness (QED) is 0.0292. The summed E-state index contributed by atoms with van der Waals surface area (Å²) >= 11 is 0. The Morgan fingerprint density at radius 2 is 1.60 bits per heavy atom. The fraction of sp³-hybridized carbons (Fsp3) is 0.620. The van der Waals surface area contributed by atoms with Crippen LogP contribution in [0.1, 0.15) is 76.2 Å². The van der Waals surface area contributed by atoms with Crippen molar-refractivity contribution in [3.8, 4) is 5.75 Å². The van der Waals surface area contributed by atoms with Crippen molar-refractivity contribution >= 4 is 62.7 Å². The van der Waals surface area contributed by atoms with Crippen LogP contribution < -0.4 is 31.3 Å². The third-order valence-corrected chi connectivity index (χ3v) is 11.7. The Morgan fingerprint density at radius 1 is 0.922 bits per heavy atom. The first-order valence-electron chi connectivity index (χ1n) is 25.1. The van der Waals surface area contributed by atoms with Crippen molar-refractivity contribution in [2.24, 2.45) is 11.8 Å². The molecular weight excluding hydrogens is 1030 g/mol. The molecule has 1 aromatic carbocycles. The summed E-state index contributed by atoms with van der Waals surface area (Å²) in [6, 6.07) is 8.80. The minimum absolute atomic E-state index is 0.00842. The van der Waals surface area contributed by atoms with Gasteiger partial charge in [-0.1, -0.05) is 33.8 Å². The number of nitrogens with one attached hydrogen (secondary N) is 5. The SMILES string of the molecule is CC(C)C(C=O)NC(=O)CCOCCOCCNC(=O)CNC(=O)CCn1c2c(c3cccnc31)C(C(C)C)N(C)N(C)C2.CNCC(=O)Nc1ccc(CCO)cc1OC1CC(O)CC(C(=O)O)O1.CO.CS(=O)(=O)O. The van der Waals surface area contributed by atoms with Crippen LogP contribution >= 0.6 is 0 Å². The number of fused-ring (bicyclic) bond motifs is 3. The number of hydrogen-bond donors (Lipinski definition) is 10. The summed E-state index contributed by atoms with van der Waals surface area (Å²) in [7, 11) is 3.16. The van der Waals surface area contributed by atoms with Gasteiger partial charge < -0.3 is 75.3 Å². The molecule has 0 aliphatic carbocycles. The molecule has 5 unspecified atom stereocenters. The van der Waals surface area contributed by atoms with Crippen molar-refractivity contribution < 1.29 is 81.1 Å². The van der Waals surface area contributed by atoms with Crippen molar-refractivity contribution in [2.75, 3.05) is 92.5 Å². The Morgan fingerprint density at radius 3 is 2.21 bits per heavy atom. The van der Waals surface area contributed by atoms with E-state index in [0.717, 1.165) is 36.5 Å². The zero-order valence-corrected chi connectivity index (χ0v) is 46.3. The molecule has 0 spiro atoms. The summed E-state index contributed by atoms with van der Waals surface area (Å²) in [6.07, 6.45) is 1.13. The molecule has 77 heavy (non-hydrogen) atoms. The van der Waals surface area contributed by atoms with Crippen LogP contribution in [0.3, 0.4) is 0 Å². The van der Waals surface area contributed by atoms with Gasteiger partial charge in [0.25, 0.3) is 10.1 Å². The Kier molecular flexibility index (Phi) is 30.6. The summed E-state index contributed by atoms with van der Waals surface area (Å²) in [5.74, 6) is -1.49. The lowest BCUT2D eigenvalue weighted by atomic mass is 9.92. The number of rotatable bonds is 26. The number of carboxylic acid groups (broad SMARTS) is 1. The molecule has 434 valence electrons. The first kappa shape index (κ1) is 67.4. The lowest BCUT2D eigenvalue weighted by Gasteiger charge is -2.42. The van der Waals surface area contributed by atoms with E-state index < -0.39 is 40.6 Å². The highest BCUT2D eigenvalue weighted by Crippen LogP contribution is 2.41. The molecular formula is C50H81N9O17S. The molecule has 2 aromatic heterocycles. The van der Waals surface area contributed by atoms with Crippen LogP contribution in [0.5, 0.6) is 5.75 Å². The van der Waals surface area contributed by atoms with Crippen molar-refractivity contribution in [1.82, 2.24) is 40.8 Å². The zero-order chi connectivity index (χ0) is 57.8. The molecule has 5 rings (SSSR count). The number of carbonyl (C=O) groups is 6. The molecule has 2 aliphatic heterocycles. The first-order valence-corrected chi connectivity index (χ1v) is 26.9. The number of aldehydes is 1. The van der Waals surface area contributed by atoms with Crippen LogP contribution in [0.2, 0.25) is 0 Å². The van der Waals surface area contributed by atoms with Crippen LogP contribution in [0, 0.1) is 11.8 Å². The third kappa shape index (κ3) is 24.2. The average Bonchev–Trinajstić information content (AvgIpc) is 3.67. The maximum atomic E-state index is 12.7. The number of ether oxygens (including phenoxy) is 4. The Bertz CT molecular complexity index is 2430. The number of hydrazine groups is 1. The van der Waals surface area contributed by atoms with Crippen LogP contribution in [0.4, 0.5) is 5.69 Å². The maximum absolute atomic E-state index is 12.7. The number of aliphatic hydroxyl groups excluding tert-OH is 3. The van der Waals surface area contributed by atoms with Gasteiger partial charge in [-0.25, -0.2) is 19.8 Å².